The Morgan fingerprint density at radius 1 is 1.47 bits per heavy atom. The van der Waals surface area contributed by atoms with Gasteiger partial charge in [-0.3, -0.25) is 0 Å². The monoisotopic (exact) mass is 229 g/mol. The maximum absolute atomic E-state index is 5.88. The quantitative estimate of drug-likeness (QED) is 0.838. The maximum Gasteiger partial charge on any atom is 0.134 e. The van der Waals surface area contributed by atoms with Crippen molar-refractivity contribution in [1.82, 2.24) is 10.2 Å². The zero-order chi connectivity index (χ0) is 11.5. The van der Waals surface area contributed by atoms with E-state index in [0.29, 0.717) is 0 Å². The second kappa shape index (κ2) is 5.01. The number of nitrogens with zero attached hydrogens (tertiary/aromatic N) is 2. The van der Waals surface area contributed by atoms with Gasteiger partial charge in [0.1, 0.15) is 10.0 Å². The van der Waals surface area contributed by atoms with E-state index in [9.17, 15) is 0 Å². The van der Waals surface area contributed by atoms with Gasteiger partial charge in [0.15, 0.2) is 0 Å². The van der Waals surface area contributed by atoms with Crippen LogP contribution in [0.2, 0.25) is 0 Å². The fraction of sp³-hybridized carbons (Fsp3) is 0.800. The van der Waals surface area contributed by atoms with E-state index < -0.39 is 0 Å². The van der Waals surface area contributed by atoms with E-state index in [-0.39, 0.29) is 11.6 Å². The Morgan fingerprint density at radius 3 is 2.67 bits per heavy atom. The van der Waals surface area contributed by atoms with Gasteiger partial charge in [-0.05, 0) is 20.3 Å². The summed E-state index contributed by atoms with van der Waals surface area (Å²) in [6.07, 6.45) is 1.67. The van der Waals surface area contributed by atoms with Crippen LogP contribution in [0.3, 0.4) is 0 Å². The molecular formula is C10H19N3OS. The van der Waals surface area contributed by atoms with Crippen LogP contribution < -0.4 is 5.73 Å². The third-order valence-electron chi connectivity index (χ3n) is 2.37. The molecule has 1 aromatic rings. The van der Waals surface area contributed by atoms with Crippen LogP contribution in [0.5, 0.6) is 0 Å². The third kappa shape index (κ3) is 3.52. The molecule has 0 spiro atoms. The fourth-order valence-electron chi connectivity index (χ4n) is 1.10. The predicted octanol–water partition coefficient (Wildman–Crippen LogP) is 1.92. The number of hydrogen-bond donors (Lipinski definition) is 1. The highest BCUT2D eigenvalue weighted by Gasteiger charge is 2.20. The minimum atomic E-state index is -0.187. The van der Waals surface area contributed by atoms with Crippen molar-refractivity contribution in [2.75, 3.05) is 7.11 Å². The second-order valence-electron chi connectivity index (χ2n) is 4.19. The first-order chi connectivity index (χ1) is 6.98. The van der Waals surface area contributed by atoms with Gasteiger partial charge < -0.3 is 10.5 Å². The second-order valence-corrected chi connectivity index (χ2v) is 5.28. The summed E-state index contributed by atoms with van der Waals surface area (Å²) < 4.78 is 5.35. The lowest BCUT2D eigenvalue weighted by Crippen LogP contribution is -2.25. The van der Waals surface area contributed by atoms with E-state index >= 15 is 0 Å². The highest BCUT2D eigenvalue weighted by Crippen LogP contribution is 2.22. The molecule has 1 rings (SSSR count). The van der Waals surface area contributed by atoms with E-state index in [4.69, 9.17) is 10.5 Å². The van der Waals surface area contributed by atoms with Crippen LogP contribution in [0.1, 0.15) is 43.2 Å². The highest BCUT2D eigenvalue weighted by molar-refractivity contribution is 7.11. The van der Waals surface area contributed by atoms with Gasteiger partial charge in [0, 0.05) is 13.5 Å². The SMILES string of the molecule is CCC(N)c1nnc(CC(C)(C)OC)s1. The molecule has 0 aliphatic heterocycles. The predicted molar refractivity (Wildman–Crippen MR) is 61.9 cm³/mol. The Labute approximate surface area is 94.9 Å². The van der Waals surface area contributed by atoms with Gasteiger partial charge in [-0.15, -0.1) is 10.2 Å². The molecule has 1 atom stereocenters. The molecule has 0 aliphatic carbocycles. The smallest absolute Gasteiger partial charge is 0.134 e. The Bertz CT molecular complexity index is 311. The minimum absolute atomic E-state index is 0.0157. The number of rotatable bonds is 5. The summed E-state index contributed by atoms with van der Waals surface area (Å²) in [5.41, 5.74) is 5.69. The summed E-state index contributed by atoms with van der Waals surface area (Å²) in [5.74, 6) is 0. The lowest BCUT2D eigenvalue weighted by atomic mass is 10.1. The average Bonchev–Trinajstić information content (AvgIpc) is 2.64. The molecule has 1 aromatic heterocycles. The number of nitrogens with two attached hydrogens (primary N) is 1. The number of aromatic nitrogens is 2. The van der Waals surface area contributed by atoms with E-state index in [1.54, 1.807) is 18.4 Å². The summed E-state index contributed by atoms with van der Waals surface area (Å²) in [4.78, 5) is 0. The molecule has 0 aromatic carbocycles. The zero-order valence-corrected chi connectivity index (χ0v) is 10.6. The van der Waals surface area contributed by atoms with Gasteiger partial charge in [0.2, 0.25) is 0 Å². The van der Waals surface area contributed by atoms with Crippen LogP contribution in [0.25, 0.3) is 0 Å². The van der Waals surface area contributed by atoms with Crippen LogP contribution in [0.15, 0.2) is 0 Å². The van der Waals surface area contributed by atoms with Crippen molar-refractivity contribution in [2.24, 2.45) is 5.73 Å². The Balaban J connectivity index is 2.68. The lowest BCUT2D eigenvalue weighted by Gasteiger charge is -2.20. The molecule has 0 fully saturated rings. The molecule has 0 bridgehead atoms. The van der Waals surface area contributed by atoms with Crippen molar-refractivity contribution >= 4 is 11.3 Å². The largest absolute Gasteiger partial charge is 0.378 e. The first-order valence-corrected chi connectivity index (χ1v) is 5.93. The number of methoxy groups -OCH3 is 1. The minimum Gasteiger partial charge on any atom is -0.378 e. The van der Waals surface area contributed by atoms with Gasteiger partial charge >= 0.3 is 0 Å². The van der Waals surface area contributed by atoms with Crippen molar-refractivity contribution in [1.29, 1.82) is 0 Å². The molecule has 0 aliphatic rings. The van der Waals surface area contributed by atoms with Gasteiger partial charge in [-0.2, -0.15) is 0 Å². The molecule has 1 unspecified atom stereocenters. The molecule has 0 saturated carbocycles. The highest BCUT2D eigenvalue weighted by atomic mass is 32.1. The van der Waals surface area contributed by atoms with Gasteiger partial charge in [-0.25, -0.2) is 0 Å². The Hall–Kier alpha value is -0.520. The summed E-state index contributed by atoms with van der Waals surface area (Å²) in [6.45, 7) is 6.12. The normalized spacial score (nSPS) is 14.2. The molecule has 4 nitrogen and oxygen atoms in total. The summed E-state index contributed by atoms with van der Waals surface area (Å²) in [5, 5.41) is 10.1. The van der Waals surface area contributed by atoms with Crippen LogP contribution in [0, 0.1) is 0 Å². The van der Waals surface area contributed by atoms with Crippen LogP contribution in [-0.4, -0.2) is 22.9 Å². The molecule has 2 N–H and O–H groups in total. The van der Waals surface area contributed by atoms with Crippen molar-refractivity contribution in [3.05, 3.63) is 10.0 Å². The number of ether oxygens (including phenoxy) is 1. The van der Waals surface area contributed by atoms with Gasteiger partial charge in [-0.1, -0.05) is 18.3 Å². The fourth-order valence-corrected chi connectivity index (χ4v) is 2.24. The standard InChI is InChI=1S/C10H19N3OS/c1-5-7(11)9-13-12-8(15-9)6-10(2,3)14-4/h7H,5-6,11H2,1-4H3. The van der Waals surface area contributed by atoms with Crippen molar-refractivity contribution in [3.63, 3.8) is 0 Å². The van der Waals surface area contributed by atoms with E-state index in [1.165, 1.54) is 0 Å². The number of hydrogen-bond acceptors (Lipinski definition) is 5. The molecule has 86 valence electrons. The molecule has 1 heterocycles. The summed E-state index contributed by atoms with van der Waals surface area (Å²) in [6, 6.07) is 0.0157. The third-order valence-corrected chi connectivity index (χ3v) is 3.42. The van der Waals surface area contributed by atoms with E-state index in [0.717, 1.165) is 22.9 Å². The lowest BCUT2D eigenvalue weighted by molar-refractivity contribution is 0.0230. The van der Waals surface area contributed by atoms with E-state index in [1.807, 2.05) is 20.8 Å². The van der Waals surface area contributed by atoms with Crippen LogP contribution in [-0.2, 0) is 11.2 Å². The zero-order valence-electron chi connectivity index (χ0n) is 9.78. The maximum atomic E-state index is 5.88. The average molecular weight is 229 g/mol. The van der Waals surface area contributed by atoms with Crippen LogP contribution in [0.4, 0.5) is 0 Å². The van der Waals surface area contributed by atoms with Crippen molar-refractivity contribution in [3.8, 4) is 0 Å². The first-order valence-electron chi connectivity index (χ1n) is 5.11. The van der Waals surface area contributed by atoms with Gasteiger partial charge in [0.25, 0.3) is 0 Å². The van der Waals surface area contributed by atoms with Crippen molar-refractivity contribution in [2.45, 2.75) is 45.3 Å². The molecule has 15 heavy (non-hydrogen) atoms. The van der Waals surface area contributed by atoms with Gasteiger partial charge in [0.05, 0.1) is 11.6 Å². The van der Waals surface area contributed by atoms with Crippen LogP contribution >= 0.6 is 11.3 Å². The summed E-state index contributed by atoms with van der Waals surface area (Å²) >= 11 is 1.58. The summed E-state index contributed by atoms with van der Waals surface area (Å²) in [7, 11) is 1.71. The Morgan fingerprint density at radius 2 is 2.13 bits per heavy atom. The first kappa shape index (κ1) is 12.5. The van der Waals surface area contributed by atoms with E-state index in [2.05, 4.69) is 10.2 Å². The molecule has 5 heteroatoms. The molecule has 0 amide bonds. The molecule has 0 radical (unpaired) electrons. The van der Waals surface area contributed by atoms with Crippen molar-refractivity contribution < 1.29 is 4.74 Å². The Kier molecular flexibility index (Phi) is 4.19. The molecular weight excluding hydrogens is 210 g/mol. The molecule has 0 saturated heterocycles. The topological polar surface area (TPSA) is 61.0 Å².